The second-order valence-corrected chi connectivity index (χ2v) is 7.29. The van der Waals surface area contributed by atoms with Crippen LogP contribution in [-0.2, 0) is 17.9 Å². The quantitative estimate of drug-likeness (QED) is 0.560. The summed E-state index contributed by atoms with van der Waals surface area (Å²) in [5.41, 5.74) is 2.95. The summed E-state index contributed by atoms with van der Waals surface area (Å²) in [7, 11) is 1.80. The van der Waals surface area contributed by atoms with Gasteiger partial charge in [-0.25, -0.2) is 4.98 Å². The zero-order chi connectivity index (χ0) is 19.1. The first-order valence-electron chi connectivity index (χ1n) is 8.71. The molecule has 0 fully saturated rings. The number of aryl methyl sites for hydroxylation is 1. The summed E-state index contributed by atoms with van der Waals surface area (Å²) in [6.45, 7) is 3.00. The summed E-state index contributed by atoms with van der Waals surface area (Å²) in [4.78, 5) is 18.4. The Balaban J connectivity index is 1.57. The lowest BCUT2D eigenvalue weighted by Gasteiger charge is -2.15. The summed E-state index contributed by atoms with van der Waals surface area (Å²) < 4.78 is 5.79. The van der Waals surface area contributed by atoms with Crippen LogP contribution in [0, 0.1) is 6.92 Å². The van der Waals surface area contributed by atoms with Gasteiger partial charge in [0.2, 0.25) is 5.91 Å². The van der Waals surface area contributed by atoms with E-state index < -0.39 is 0 Å². The van der Waals surface area contributed by atoms with Gasteiger partial charge in [-0.05, 0) is 36.3 Å². The standard InChI is InChI=1S/C22H22N2O2S/c1-17-23-20(16-27-17)15-26-21-10-6-9-18(13-21)11-12-22(25)24(2)14-19-7-4-3-5-8-19/h3-13,16H,14-15H2,1-2H3/b12-11+. The third kappa shape index (κ3) is 5.79. The molecule has 27 heavy (non-hydrogen) atoms. The molecule has 2 aromatic carbocycles. The normalized spacial score (nSPS) is 10.9. The Morgan fingerprint density at radius 3 is 2.74 bits per heavy atom. The van der Waals surface area contributed by atoms with E-state index in [0.29, 0.717) is 13.2 Å². The van der Waals surface area contributed by atoms with Gasteiger partial charge in [0.25, 0.3) is 0 Å². The fraction of sp³-hybridized carbons (Fsp3) is 0.182. The van der Waals surface area contributed by atoms with E-state index in [1.54, 1.807) is 29.4 Å². The Hall–Kier alpha value is -2.92. The van der Waals surface area contributed by atoms with Gasteiger partial charge in [0.15, 0.2) is 0 Å². The molecule has 1 amide bonds. The smallest absolute Gasteiger partial charge is 0.246 e. The Kier molecular flexibility index (Phi) is 6.39. The van der Waals surface area contributed by atoms with Gasteiger partial charge in [-0.1, -0.05) is 42.5 Å². The van der Waals surface area contributed by atoms with Crippen molar-refractivity contribution in [3.63, 3.8) is 0 Å². The van der Waals surface area contributed by atoms with Gasteiger partial charge in [-0.15, -0.1) is 11.3 Å². The molecule has 1 aromatic heterocycles. The highest BCUT2D eigenvalue weighted by molar-refractivity contribution is 7.09. The molecule has 5 heteroatoms. The highest BCUT2D eigenvalue weighted by Crippen LogP contribution is 2.17. The third-order valence-corrected chi connectivity index (χ3v) is 4.79. The van der Waals surface area contributed by atoms with Crippen LogP contribution in [0.25, 0.3) is 6.08 Å². The number of nitrogens with zero attached hydrogens (tertiary/aromatic N) is 2. The number of aromatic nitrogens is 1. The molecule has 0 atom stereocenters. The van der Waals surface area contributed by atoms with Crippen LogP contribution >= 0.6 is 11.3 Å². The summed E-state index contributed by atoms with van der Waals surface area (Å²) in [5, 5.41) is 3.03. The molecule has 0 aliphatic carbocycles. The Labute approximate surface area is 163 Å². The van der Waals surface area contributed by atoms with Crippen LogP contribution in [0.4, 0.5) is 0 Å². The molecule has 0 unspecified atom stereocenters. The minimum Gasteiger partial charge on any atom is -0.487 e. The number of benzene rings is 2. The molecule has 0 saturated heterocycles. The topological polar surface area (TPSA) is 42.4 Å². The zero-order valence-corrected chi connectivity index (χ0v) is 16.3. The van der Waals surface area contributed by atoms with E-state index in [4.69, 9.17) is 4.74 Å². The molecule has 0 radical (unpaired) electrons. The number of rotatable bonds is 7. The lowest BCUT2D eigenvalue weighted by atomic mass is 10.2. The Morgan fingerprint density at radius 1 is 1.19 bits per heavy atom. The first kappa shape index (κ1) is 18.9. The number of likely N-dealkylation sites (N-methyl/N-ethyl adjacent to an activating group) is 1. The molecule has 138 valence electrons. The number of ether oxygens (including phenoxy) is 1. The van der Waals surface area contributed by atoms with Gasteiger partial charge in [0, 0.05) is 25.0 Å². The number of hydrogen-bond donors (Lipinski definition) is 0. The number of carbonyl (C=O) groups is 1. The monoisotopic (exact) mass is 378 g/mol. The van der Waals surface area contributed by atoms with Gasteiger partial charge in [0.1, 0.15) is 12.4 Å². The van der Waals surface area contributed by atoms with Crippen molar-refractivity contribution in [1.29, 1.82) is 0 Å². The van der Waals surface area contributed by atoms with Crippen molar-refractivity contribution in [2.24, 2.45) is 0 Å². The molecule has 4 nitrogen and oxygen atoms in total. The van der Waals surface area contributed by atoms with E-state index in [1.165, 1.54) is 0 Å². The van der Waals surface area contributed by atoms with Crippen LogP contribution in [0.3, 0.4) is 0 Å². The van der Waals surface area contributed by atoms with E-state index in [1.807, 2.05) is 73.0 Å². The fourth-order valence-corrected chi connectivity index (χ4v) is 3.17. The van der Waals surface area contributed by atoms with E-state index in [2.05, 4.69) is 4.98 Å². The van der Waals surface area contributed by atoms with Crippen LogP contribution in [0.1, 0.15) is 21.8 Å². The van der Waals surface area contributed by atoms with Crippen molar-refractivity contribution in [3.05, 3.63) is 87.9 Å². The minimum absolute atomic E-state index is 0.0388. The second-order valence-electron chi connectivity index (χ2n) is 6.23. The van der Waals surface area contributed by atoms with E-state index in [-0.39, 0.29) is 5.91 Å². The van der Waals surface area contributed by atoms with Gasteiger partial charge in [-0.2, -0.15) is 0 Å². The van der Waals surface area contributed by atoms with Crippen LogP contribution < -0.4 is 4.74 Å². The first-order valence-corrected chi connectivity index (χ1v) is 9.59. The molecule has 0 saturated carbocycles. The lowest BCUT2D eigenvalue weighted by molar-refractivity contribution is -0.125. The molecular weight excluding hydrogens is 356 g/mol. The molecule has 0 aliphatic heterocycles. The molecule has 0 aliphatic rings. The van der Waals surface area contributed by atoms with Gasteiger partial charge in [0.05, 0.1) is 10.7 Å². The largest absolute Gasteiger partial charge is 0.487 e. The summed E-state index contributed by atoms with van der Waals surface area (Å²) in [6, 6.07) is 17.6. The number of hydrogen-bond acceptors (Lipinski definition) is 4. The first-order chi connectivity index (χ1) is 13.1. The Bertz CT molecular complexity index is 919. The maximum Gasteiger partial charge on any atom is 0.246 e. The van der Waals surface area contributed by atoms with E-state index >= 15 is 0 Å². The van der Waals surface area contributed by atoms with E-state index in [9.17, 15) is 4.79 Å². The fourth-order valence-electron chi connectivity index (χ4n) is 2.57. The maximum atomic E-state index is 12.3. The second kappa shape index (κ2) is 9.14. The summed E-state index contributed by atoms with van der Waals surface area (Å²) in [6.07, 6.45) is 3.40. The number of carbonyl (C=O) groups excluding carboxylic acids is 1. The maximum absolute atomic E-state index is 12.3. The molecule has 3 rings (SSSR count). The molecule has 0 spiro atoms. The average Bonchev–Trinajstić information content (AvgIpc) is 3.11. The lowest BCUT2D eigenvalue weighted by Crippen LogP contribution is -2.23. The van der Waals surface area contributed by atoms with Crippen molar-refractivity contribution in [2.45, 2.75) is 20.1 Å². The number of amides is 1. The van der Waals surface area contributed by atoms with Crippen molar-refractivity contribution < 1.29 is 9.53 Å². The highest BCUT2D eigenvalue weighted by atomic mass is 32.1. The van der Waals surface area contributed by atoms with Gasteiger partial charge in [-0.3, -0.25) is 4.79 Å². The SMILES string of the molecule is Cc1nc(COc2cccc(/C=C/C(=O)N(C)Cc3ccccc3)c2)cs1. The van der Waals surface area contributed by atoms with E-state index in [0.717, 1.165) is 27.6 Å². The van der Waals surface area contributed by atoms with Crippen molar-refractivity contribution >= 4 is 23.3 Å². The molecule has 3 aromatic rings. The third-order valence-electron chi connectivity index (χ3n) is 3.97. The van der Waals surface area contributed by atoms with Crippen molar-refractivity contribution in [3.8, 4) is 5.75 Å². The van der Waals surface area contributed by atoms with Gasteiger partial charge < -0.3 is 9.64 Å². The summed E-state index contributed by atoms with van der Waals surface area (Å²) >= 11 is 1.61. The minimum atomic E-state index is -0.0388. The Morgan fingerprint density at radius 2 is 2.00 bits per heavy atom. The zero-order valence-electron chi connectivity index (χ0n) is 15.5. The molecule has 0 bridgehead atoms. The van der Waals surface area contributed by atoms with Crippen LogP contribution in [0.15, 0.2) is 66.1 Å². The number of thiazole rings is 1. The average molecular weight is 378 g/mol. The molecule has 1 heterocycles. The highest BCUT2D eigenvalue weighted by Gasteiger charge is 2.06. The molecular formula is C22H22N2O2S. The molecule has 0 N–H and O–H groups in total. The van der Waals surface area contributed by atoms with Crippen molar-refractivity contribution in [1.82, 2.24) is 9.88 Å². The van der Waals surface area contributed by atoms with Crippen molar-refractivity contribution in [2.75, 3.05) is 7.05 Å². The van der Waals surface area contributed by atoms with Gasteiger partial charge >= 0.3 is 0 Å². The van der Waals surface area contributed by atoms with Crippen LogP contribution in [0.2, 0.25) is 0 Å². The van der Waals surface area contributed by atoms with Crippen LogP contribution in [-0.4, -0.2) is 22.8 Å². The summed E-state index contributed by atoms with van der Waals surface area (Å²) in [5.74, 6) is 0.719. The van der Waals surface area contributed by atoms with Crippen LogP contribution in [0.5, 0.6) is 5.75 Å². The predicted molar refractivity (Wildman–Crippen MR) is 110 cm³/mol. The predicted octanol–water partition coefficient (Wildman–Crippen LogP) is 4.70.